The van der Waals surface area contributed by atoms with Gasteiger partial charge in [0.15, 0.2) is 0 Å². The molecule has 0 spiro atoms. The van der Waals surface area contributed by atoms with Crippen molar-refractivity contribution < 1.29 is 14.4 Å². The molecule has 0 bridgehead atoms. The third-order valence-corrected chi connectivity index (χ3v) is 5.85. The van der Waals surface area contributed by atoms with Gasteiger partial charge in [-0.15, -0.1) is 0 Å². The van der Waals surface area contributed by atoms with E-state index in [1.165, 1.54) is 16.4 Å². The molecule has 0 atom stereocenters. The molecule has 0 aromatic rings. The highest BCUT2D eigenvalue weighted by Crippen LogP contribution is 2.21. The van der Waals surface area contributed by atoms with Crippen LogP contribution in [0.5, 0.6) is 0 Å². The molecule has 3 rings (SSSR count). The molecule has 3 fully saturated rings. The summed E-state index contributed by atoms with van der Waals surface area (Å²) in [4.78, 5) is 42.7. The van der Waals surface area contributed by atoms with E-state index in [0.717, 1.165) is 43.9 Å². The van der Waals surface area contributed by atoms with E-state index in [-0.39, 0.29) is 30.9 Å². The second-order valence-electron chi connectivity index (χ2n) is 6.38. The van der Waals surface area contributed by atoms with E-state index in [1.54, 1.807) is 11.9 Å². The van der Waals surface area contributed by atoms with Gasteiger partial charge in [-0.3, -0.25) is 19.4 Å². The Morgan fingerprint density at radius 2 is 1.78 bits per heavy atom. The predicted octanol–water partition coefficient (Wildman–Crippen LogP) is -0.0798. The van der Waals surface area contributed by atoms with Crippen molar-refractivity contribution in [2.45, 2.75) is 18.9 Å². The minimum Gasteiger partial charge on any atom is -0.341 e. The Morgan fingerprint density at radius 3 is 2.35 bits per heavy atom. The summed E-state index contributed by atoms with van der Waals surface area (Å²) in [5, 5.41) is 0. The van der Waals surface area contributed by atoms with Crippen molar-refractivity contribution in [2.75, 3.05) is 57.8 Å². The predicted molar refractivity (Wildman–Crippen MR) is 88.2 cm³/mol. The number of carbonyl (C=O) groups excluding carboxylic acids is 3. The van der Waals surface area contributed by atoms with Crippen molar-refractivity contribution >= 4 is 29.6 Å². The lowest BCUT2D eigenvalue weighted by Gasteiger charge is -2.40. The number of hydrogen-bond acceptors (Lipinski definition) is 5. The third kappa shape index (κ3) is 3.63. The van der Waals surface area contributed by atoms with Gasteiger partial charge in [-0.05, 0) is 12.8 Å². The molecular formula is C15H24N4O3S. The molecular weight excluding hydrogens is 316 g/mol. The molecule has 4 amide bonds. The van der Waals surface area contributed by atoms with Gasteiger partial charge in [-0.2, -0.15) is 11.8 Å². The van der Waals surface area contributed by atoms with Gasteiger partial charge in [0.25, 0.3) is 5.91 Å². The minimum absolute atomic E-state index is 0.0706. The van der Waals surface area contributed by atoms with E-state index in [2.05, 4.69) is 4.90 Å². The Hall–Kier alpha value is -1.28. The molecule has 3 heterocycles. The van der Waals surface area contributed by atoms with Gasteiger partial charge in [0.2, 0.25) is 5.91 Å². The number of likely N-dealkylation sites (tertiary alicyclic amines) is 1. The van der Waals surface area contributed by atoms with Crippen molar-refractivity contribution in [2.24, 2.45) is 0 Å². The third-order valence-electron chi connectivity index (χ3n) is 4.90. The van der Waals surface area contributed by atoms with Crippen LogP contribution in [0.1, 0.15) is 12.8 Å². The number of carbonyl (C=O) groups is 3. The van der Waals surface area contributed by atoms with Crippen LogP contribution in [-0.4, -0.2) is 101 Å². The molecule has 0 radical (unpaired) electrons. The Bertz CT molecular complexity index is 487. The second kappa shape index (κ2) is 7.09. The Morgan fingerprint density at radius 1 is 1.13 bits per heavy atom. The minimum atomic E-state index is -0.371. The molecule has 0 unspecified atom stereocenters. The summed E-state index contributed by atoms with van der Waals surface area (Å²) in [5.74, 6) is 2.00. The molecule has 128 valence electrons. The standard InChI is InChI=1S/C15H24N4O3S/c1-16-10-14(21)19(15(16)22)11-13(20)18-4-2-12(3-5-18)17-6-8-23-9-7-17/h12H,2-11H2,1H3. The fraction of sp³-hybridized carbons (Fsp3) is 0.800. The molecule has 23 heavy (non-hydrogen) atoms. The lowest BCUT2D eigenvalue weighted by atomic mass is 10.0. The lowest BCUT2D eigenvalue weighted by molar-refractivity contribution is -0.137. The first-order valence-electron chi connectivity index (χ1n) is 8.21. The van der Waals surface area contributed by atoms with Crippen LogP contribution in [0.15, 0.2) is 0 Å². The van der Waals surface area contributed by atoms with Crippen molar-refractivity contribution in [3.05, 3.63) is 0 Å². The first-order chi connectivity index (χ1) is 11.1. The molecule has 3 saturated heterocycles. The molecule has 7 nitrogen and oxygen atoms in total. The molecule has 0 aliphatic carbocycles. The number of piperidine rings is 1. The van der Waals surface area contributed by atoms with Crippen LogP contribution in [0, 0.1) is 0 Å². The number of amides is 4. The summed E-state index contributed by atoms with van der Waals surface area (Å²) in [5.41, 5.74) is 0. The quantitative estimate of drug-likeness (QED) is 0.673. The van der Waals surface area contributed by atoms with E-state index >= 15 is 0 Å². The molecule has 0 saturated carbocycles. The van der Waals surface area contributed by atoms with Crippen molar-refractivity contribution in [1.29, 1.82) is 0 Å². The summed E-state index contributed by atoms with van der Waals surface area (Å²) in [6.07, 6.45) is 1.97. The fourth-order valence-corrected chi connectivity index (χ4v) is 4.41. The van der Waals surface area contributed by atoms with Gasteiger partial charge in [0.05, 0.1) is 0 Å². The normalized spacial score (nSPS) is 24.7. The summed E-state index contributed by atoms with van der Waals surface area (Å²) in [6, 6.07) is 0.199. The molecule has 0 aromatic heterocycles. The van der Waals surface area contributed by atoms with E-state index in [4.69, 9.17) is 0 Å². The second-order valence-corrected chi connectivity index (χ2v) is 7.60. The highest BCUT2D eigenvalue weighted by molar-refractivity contribution is 7.99. The van der Waals surface area contributed by atoms with Gasteiger partial charge in [-0.25, -0.2) is 4.79 Å². The van der Waals surface area contributed by atoms with E-state index < -0.39 is 0 Å². The van der Waals surface area contributed by atoms with Crippen molar-refractivity contribution in [3.8, 4) is 0 Å². The zero-order valence-electron chi connectivity index (χ0n) is 13.6. The van der Waals surface area contributed by atoms with Gasteiger partial charge < -0.3 is 9.80 Å². The van der Waals surface area contributed by atoms with Gasteiger partial charge in [0.1, 0.15) is 13.1 Å². The maximum atomic E-state index is 12.4. The van der Waals surface area contributed by atoms with Gasteiger partial charge in [0, 0.05) is 50.8 Å². The smallest absolute Gasteiger partial charge is 0.327 e. The van der Waals surface area contributed by atoms with Crippen molar-refractivity contribution in [1.82, 2.24) is 19.6 Å². The topological polar surface area (TPSA) is 64.2 Å². The highest BCUT2D eigenvalue weighted by Gasteiger charge is 2.36. The number of likely N-dealkylation sites (N-methyl/N-ethyl adjacent to an activating group) is 1. The number of nitrogens with zero attached hydrogens (tertiary/aromatic N) is 4. The number of thioether (sulfide) groups is 1. The first kappa shape index (κ1) is 16.6. The van der Waals surface area contributed by atoms with Crippen LogP contribution in [0.3, 0.4) is 0 Å². The zero-order chi connectivity index (χ0) is 16.4. The summed E-state index contributed by atoms with van der Waals surface area (Å²) in [7, 11) is 1.58. The number of rotatable bonds is 3. The van der Waals surface area contributed by atoms with Crippen LogP contribution in [0.4, 0.5) is 4.79 Å². The number of urea groups is 1. The van der Waals surface area contributed by atoms with E-state index in [1.807, 2.05) is 11.8 Å². The van der Waals surface area contributed by atoms with Crippen LogP contribution in [0.25, 0.3) is 0 Å². The molecule has 0 N–H and O–H groups in total. The molecule has 3 aliphatic rings. The Balaban J connectivity index is 1.48. The summed E-state index contributed by atoms with van der Waals surface area (Å²) < 4.78 is 0. The molecule has 0 aromatic carbocycles. The first-order valence-corrected chi connectivity index (χ1v) is 9.37. The summed E-state index contributed by atoms with van der Waals surface area (Å²) >= 11 is 2.01. The van der Waals surface area contributed by atoms with E-state index in [9.17, 15) is 14.4 Å². The lowest BCUT2D eigenvalue weighted by Crippen LogP contribution is -2.51. The summed E-state index contributed by atoms with van der Waals surface area (Å²) in [6.45, 7) is 3.69. The maximum absolute atomic E-state index is 12.4. The molecule has 8 heteroatoms. The molecule has 3 aliphatic heterocycles. The number of imide groups is 1. The SMILES string of the molecule is CN1CC(=O)N(CC(=O)N2CCC(N3CCSCC3)CC2)C1=O. The highest BCUT2D eigenvalue weighted by atomic mass is 32.2. The van der Waals surface area contributed by atoms with Crippen molar-refractivity contribution in [3.63, 3.8) is 0 Å². The average Bonchev–Trinajstić information content (AvgIpc) is 2.82. The van der Waals surface area contributed by atoms with Crippen LogP contribution in [0.2, 0.25) is 0 Å². The fourth-order valence-electron chi connectivity index (χ4n) is 3.48. The monoisotopic (exact) mass is 340 g/mol. The van der Waals surface area contributed by atoms with Crippen LogP contribution in [-0.2, 0) is 9.59 Å². The van der Waals surface area contributed by atoms with Gasteiger partial charge >= 0.3 is 6.03 Å². The van der Waals surface area contributed by atoms with Crippen LogP contribution >= 0.6 is 11.8 Å². The van der Waals surface area contributed by atoms with Gasteiger partial charge in [-0.1, -0.05) is 0 Å². The average molecular weight is 340 g/mol. The zero-order valence-corrected chi connectivity index (χ0v) is 14.4. The largest absolute Gasteiger partial charge is 0.341 e. The Labute approximate surface area is 140 Å². The van der Waals surface area contributed by atoms with E-state index in [0.29, 0.717) is 6.04 Å². The maximum Gasteiger partial charge on any atom is 0.327 e. The number of hydrogen-bond donors (Lipinski definition) is 0. The van der Waals surface area contributed by atoms with Crippen LogP contribution < -0.4 is 0 Å². The Kier molecular flexibility index (Phi) is 5.11.